The summed E-state index contributed by atoms with van der Waals surface area (Å²) in [4.78, 5) is 17.9. The molecule has 10 heteroatoms. The van der Waals surface area contributed by atoms with Gasteiger partial charge in [0.2, 0.25) is 10.0 Å². The zero-order valence-corrected chi connectivity index (χ0v) is 17.0. The molecule has 1 aromatic carbocycles. The first kappa shape index (κ1) is 20.3. The van der Waals surface area contributed by atoms with Crippen LogP contribution in [0.3, 0.4) is 0 Å². The molecule has 2 aromatic heterocycles. The number of carbonyl (C=O) groups excluding carboxylic acids is 1. The minimum Gasteiger partial charge on any atom is -0.391 e. The lowest BCUT2D eigenvalue weighted by molar-refractivity contribution is 0.103. The van der Waals surface area contributed by atoms with Gasteiger partial charge in [-0.05, 0) is 36.4 Å². The molecule has 28 heavy (non-hydrogen) atoms. The van der Waals surface area contributed by atoms with Crippen molar-refractivity contribution in [3.8, 4) is 11.3 Å². The first-order valence-corrected chi connectivity index (χ1v) is 11.1. The van der Waals surface area contributed by atoms with E-state index in [0.29, 0.717) is 26.7 Å². The molecule has 0 saturated carbocycles. The van der Waals surface area contributed by atoms with Crippen LogP contribution in [0.1, 0.15) is 14.5 Å². The molecule has 0 bridgehead atoms. The number of rotatable bonds is 6. The second kappa shape index (κ2) is 8.27. The summed E-state index contributed by atoms with van der Waals surface area (Å²) >= 11 is 7.17. The number of thiophene rings is 1. The third kappa shape index (κ3) is 5.08. The minimum absolute atomic E-state index is 0.219. The monoisotopic (exact) mass is 437 g/mol. The van der Waals surface area contributed by atoms with Gasteiger partial charge in [-0.25, -0.2) is 8.42 Å². The van der Waals surface area contributed by atoms with E-state index in [9.17, 15) is 18.3 Å². The van der Waals surface area contributed by atoms with Crippen LogP contribution < -0.4 is 10.0 Å². The minimum atomic E-state index is -3.48. The number of pyridine rings is 1. The number of aromatic nitrogens is 1. The van der Waals surface area contributed by atoms with E-state index in [-0.39, 0.29) is 17.3 Å². The van der Waals surface area contributed by atoms with Crippen LogP contribution >= 0.6 is 22.9 Å². The molecule has 0 aliphatic heterocycles. The highest BCUT2D eigenvalue weighted by molar-refractivity contribution is 7.92. The molecule has 0 saturated heterocycles. The van der Waals surface area contributed by atoms with E-state index in [0.717, 1.165) is 17.6 Å². The lowest BCUT2D eigenvalue weighted by Crippen LogP contribution is -2.12. The summed E-state index contributed by atoms with van der Waals surface area (Å²) in [7, 11) is -3.48. The highest BCUT2D eigenvalue weighted by atomic mass is 35.5. The Morgan fingerprint density at radius 1 is 1.21 bits per heavy atom. The fraction of sp³-hybridized carbons (Fsp3) is 0.111. The molecule has 0 spiro atoms. The summed E-state index contributed by atoms with van der Waals surface area (Å²) in [5, 5.41) is 12.6. The zero-order chi connectivity index (χ0) is 20.3. The first-order chi connectivity index (χ1) is 13.2. The van der Waals surface area contributed by atoms with E-state index in [1.54, 1.807) is 24.4 Å². The van der Waals surface area contributed by atoms with Crippen molar-refractivity contribution in [1.29, 1.82) is 0 Å². The molecule has 0 aliphatic rings. The van der Waals surface area contributed by atoms with Crippen molar-refractivity contribution in [3.05, 3.63) is 63.4 Å². The topological polar surface area (TPSA) is 108 Å². The van der Waals surface area contributed by atoms with Crippen LogP contribution in [0, 0.1) is 0 Å². The average molecular weight is 438 g/mol. The lowest BCUT2D eigenvalue weighted by Gasteiger charge is -2.09. The summed E-state index contributed by atoms with van der Waals surface area (Å²) in [6.45, 7) is -0.219. The van der Waals surface area contributed by atoms with Crippen LogP contribution in [0.2, 0.25) is 5.02 Å². The predicted molar refractivity (Wildman–Crippen MR) is 111 cm³/mol. The quantitative estimate of drug-likeness (QED) is 0.546. The number of carbonyl (C=O) groups is 1. The number of benzene rings is 1. The molecule has 3 aromatic rings. The van der Waals surface area contributed by atoms with Gasteiger partial charge >= 0.3 is 0 Å². The third-order valence-electron chi connectivity index (χ3n) is 3.58. The Labute approximate surface area is 171 Å². The van der Waals surface area contributed by atoms with Crippen molar-refractivity contribution < 1.29 is 18.3 Å². The van der Waals surface area contributed by atoms with Gasteiger partial charge < -0.3 is 10.4 Å². The molecule has 3 rings (SSSR count). The van der Waals surface area contributed by atoms with Crippen molar-refractivity contribution in [2.75, 3.05) is 16.3 Å². The molecule has 1 amide bonds. The van der Waals surface area contributed by atoms with Gasteiger partial charge in [0, 0.05) is 27.3 Å². The second-order valence-electron chi connectivity index (χ2n) is 5.88. The van der Waals surface area contributed by atoms with Crippen LogP contribution in [0.15, 0.2) is 48.7 Å². The Morgan fingerprint density at radius 3 is 2.61 bits per heavy atom. The van der Waals surface area contributed by atoms with E-state index in [4.69, 9.17) is 11.6 Å². The van der Waals surface area contributed by atoms with Gasteiger partial charge in [-0.15, -0.1) is 11.3 Å². The van der Waals surface area contributed by atoms with Crippen molar-refractivity contribution >= 4 is 50.2 Å². The van der Waals surface area contributed by atoms with Gasteiger partial charge in [0.1, 0.15) is 0 Å². The number of halogens is 1. The summed E-state index contributed by atoms with van der Waals surface area (Å²) in [5.74, 6) is -0.408. The Kier molecular flexibility index (Phi) is 5.99. The van der Waals surface area contributed by atoms with Crippen molar-refractivity contribution in [2.45, 2.75) is 6.61 Å². The summed E-state index contributed by atoms with van der Waals surface area (Å²) < 4.78 is 25.1. The van der Waals surface area contributed by atoms with E-state index in [2.05, 4.69) is 15.0 Å². The number of hydrogen-bond acceptors (Lipinski definition) is 6. The highest BCUT2D eigenvalue weighted by Gasteiger charge is 2.17. The Morgan fingerprint density at radius 2 is 1.96 bits per heavy atom. The average Bonchev–Trinajstić information content (AvgIpc) is 3.05. The molecule has 7 nitrogen and oxygen atoms in total. The number of sulfonamides is 1. The number of aliphatic hydroxyl groups is 1. The number of nitrogens with zero attached hydrogens (tertiary/aromatic N) is 1. The number of aliphatic hydroxyl groups excluding tert-OH is 1. The van der Waals surface area contributed by atoms with Gasteiger partial charge in [0.25, 0.3) is 5.91 Å². The molecule has 2 heterocycles. The molecular formula is C18H16ClN3O4S2. The molecule has 0 aliphatic carbocycles. The molecule has 146 valence electrons. The zero-order valence-electron chi connectivity index (χ0n) is 14.6. The standard InChI is InChI=1S/C18H16ClN3O4S2/c1-28(25,26)22-13-7-11(19)6-12(8-13)21-18(24)16-9-14(17(10-23)27-16)15-4-2-3-5-20-15/h2-9,22-23H,10H2,1H3,(H,21,24). The smallest absolute Gasteiger partial charge is 0.265 e. The lowest BCUT2D eigenvalue weighted by atomic mass is 10.1. The van der Waals surface area contributed by atoms with Gasteiger partial charge in [0.05, 0.1) is 29.1 Å². The Balaban J connectivity index is 1.87. The third-order valence-corrected chi connectivity index (χ3v) is 5.52. The maximum Gasteiger partial charge on any atom is 0.265 e. The van der Waals surface area contributed by atoms with Crippen molar-refractivity contribution in [3.63, 3.8) is 0 Å². The molecular weight excluding hydrogens is 422 g/mol. The number of amides is 1. The molecule has 0 fully saturated rings. The van der Waals surface area contributed by atoms with Crippen LogP contribution in [-0.2, 0) is 16.6 Å². The van der Waals surface area contributed by atoms with Crippen molar-refractivity contribution in [1.82, 2.24) is 4.98 Å². The van der Waals surface area contributed by atoms with E-state index in [1.807, 2.05) is 6.07 Å². The predicted octanol–water partition coefficient (Wildman–Crippen LogP) is 3.58. The van der Waals surface area contributed by atoms with Gasteiger partial charge in [-0.1, -0.05) is 17.7 Å². The second-order valence-corrected chi connectivity index (χ2v) is 9.20. The normalized spacial score (nSPS) is 11.2. The van der Waals surface area contributed by atoms with Crippen LogP contribution in [0.4, 0.5) is 11.4 Å². The maximum atomic E-state index is 12.7. The fourth-order valence-electron chi connectivity index (χ4n) is 2.52. The van der Waals surface area contributed by atoms with Gasteiger partial charge in [0.15, 0.2) is 0 Å². The number of hydrogen-bond donors (Lipinski definition) is 3. The highest BCUT2D eigenvalue weighted by Crippen LogP contribution is 2.31. The van der Waals surface area contributed by atoms with Crippen LogP contribution in [0.5, 0.6) is 0 Å². The van der Waals surface area contributed by atoms with Crippen LogP contribution in [-0.4, -0.2) is 30.7 Å². The Bertz CT molecular complexity index is 1120. The van der Waals surface area contributed by atoms with Crippen LogP contribution in [0.25, 0.3) is 11.3 Å². The number of nitrogens with one attached hydrogen (secondary N) is 2. The van der Waals surface area contributed by atoms with Gasteiger partial charge in [-0.3, -0.25) is 14.5 Å². The molecule has 0 unspecified atom stereocenters. The maximum absolute atomic E-state index is 12.7. The van der Waals surface area contributed by atoms with Gasteiger partial charge in [-0.2, -0.15) is 0 Å². The fourth-order valence-corrected chi connectivity index (χ4v) is 4.23. The van der Waals surface area contributed by atoms with E-state index >= 15 is 0 Å². The Hall–Kier alpha value is -2.46. The molecule has 3 N–H and O–H groups in total. The van der Waals surface area contributed by atoms with E-state index in [1.165, 1.54) is 18.2 Å². The largest absolute Gasteiger partial charge is 0.391 e. The summed E-state index contributed by atoms with van der Waals surface area (Å²) in [5.41, 5.74) is 1.91. The summed E-state index contributed by atoms with van der Waals surface area (Å²) in [6.07, 6.45) is 2.66. The van der Waals surface area contributed by atoms with Crippen molar-refractivity contribution in [2.24, 2.45) is 0 Å². The molecule has 0 radical (unpaired) electrons. The molecule has 0 atom stereocenters. The summed E-state index contributed by atoms with van der Waals surface area (Å²) in [6, 6.07) is 11.5. The van der Waals surface area contributed by atoms with E-state index < -0.39 is 15.9 Å². The SMILES string of the molecule is CS(=O)(=O)Nc1cc(Cl)cc(NC(=O)c2cc(-c3ccccn3)c(CO)s2)c1. The first-order valence-electron chi connectivity index (χ1n) is 8.00. The number of anilines is 2.